The van der Waals surface area contributed by atoms with E-state index in [9.17, 15) is 19.5 Å². The van der Waals surface area contributed by atoms with E-state index in [-0.39, 0.29) is 31.0 Å². The van der Waals surface area contributed by atoms with Crippen molar-refractivity contribution in [1.29, 1.82) is 0 Å². The first-order valence-corrected chi connectivity index (χ1v) is 9.75. The Kier molecular flexibility index (Phi) is 6.49. The summed E-state index contributed by atoms with van der Waals surface area (Å²) in [5.41, 5.74) is 2.25. The molecule has 2 aromatic carbocycles. The molecule has 7 heteroatoms. The number of benzene rings is 2. The third kappa shape index (κ3) is 4.74. The zero-order valence-electron chi connectivity index (χ0n) is 16.4. The van der Waals surface area contributed by atoms with Gasteiger partial charge in [0.2, 0.25) is 5.91 Å². The topological polar surface area (TPSA) is 93.3 Å². The highest BCUT2D eigenvalue weighted by Crippen LogP contribution is 2.17. The van der Waals surface area contributed by atoms with Crippen molar-refractivity contribution in [3.05, 3.63) is 70.6 Å². The zero-order valence-corrected chi connectivity index (χ0v) is 16.4. The zero-order chi connectivity index (χ0) is 20.8. The van der Waals surface area contributed by atoms with Gasteiger partial charge in [0.25, 0.3) is 0 Å². The second kappa shape index (κ2) is 9.23. The number of aromatic nitrogens is 2. The van der Waals surface area contributed by atoms with Crippen LogP contribution in [0.4, 0.5) is 0 Å². The number of hydrogen-bond acceptors (Lipinski definition) is 3. The van der Waals surface area contributed by atoms with Crippen LogP contribution >= 0.6 is 0 Å². The Bertz CT molecular complexity index is 1050. The molecule has 1 amide bonds. The Hall–Kier alpha value is -3.35. The molecule has 0 fully saturated rings. The number of carboxylic acid groups (broad SMARTS) is 1. The van der Waals surface area contributed by atoms with Gasteiger partial charge in [0, 0.05) is 19.5 Å². The van der Waals surface area contributed by atoms with E-state index in [4.69, 9.17) is 0 Å². The SMILES string of the molecule is CCCn1c(=O)n(CCC(=O)NC(CC(=O)O)c2ccccc2)c2ccccc21. The molecule has 3 rings (SSSR count). The number of carbonyl (C=O) groups excluding carboxylic acids is 1. The summed E-state index contributed by atoms with van der Waals surface area (Å²) >= 11 is 0. The summed E-state index contributed by atoms with van der Waals surface area (Å²) in [6.07, 6.45) is 0.719. The molecule has 7 nitrogen and oxygen atoms in total. The third-order valence-corrected chi connectivity index (χ3v) is 4.85. The fourth-order valence-electron chi connectivity index (χ4n) is 3.52. The molecule has 3 aromatic rings. The van der Waals surface area contributed by atoms with E-state index >= 15 is 0 Å². The summed E-state index contributed by atoms with van der Waals surface area (Å²) in [5.74, 6) is -1.28. The van der Waals surface area contributed by atoms with Gasteiger partial charge >= 0.3 is 11.7 Å². The Morgan fingerprint density at radius 3 is 2.14 bits per heavy atom. The number of fused-ring (bicyclic) bond motifs is 1. The van der Waals surface area contributed by atoms with Gasteiger partial charge in [0.1, 0.15) is 0 Å². The van der Waals surface area contributed by atoms with E-state index in [2.05, 4.69) is 5.32 Å². The summed E-state index contributed by atoms with van der Waals surface area (Å²) < 4.78 is 3.34. The highest BCUT2D eigenvalue weighted by atomic mass is 16.4. The molecular formula is C22H25N3O4. The number of aliphatic carboxylic acids is 1. The number of carbonyl (C=O) groups is 2. The van der Waals surface area contributed by atoms with Gasteiger partial charge < -0.3 is 10.4 Å². The monoisotopic (exact) mass is 395 g/mol. The van der Waals surface area contributed by atoms with Crippen LogP contribution in [0.2, 0.25) is 0 Å². The van der Waals surface area contributed by atoms with E-state index in [1.54, 1.807) is 33.4 Å². The smallest absolute Gasteiger partial charge is 0.329 e. The molecule has 29 heavy (non-hydrogen) atoms. The van der Waals surface area contributed by atoms with Crippen molar-refractivity contribution in [3.8, 4) is 0 Å². The van der Waals surface area contributed by atoms with Gasteiger partial charge in [-0.05, 0) is 24.1 Å². The van der Waals surface area contributed by atoms with Crippen molar-refractivity contribution in [2.45, 2.75) is 45.3 Å². The van der Waals surface area contributed by atoms with Crippen molar-refractivity contribution < 1.29 is 14.7 Å². The van der Waals surface area contributed by atoms with Crippen LogP contribution in [0.5, 0.6) is 0 Å². The van der Waals surface area contributed by atoms with Crippen LogP contribution < -0.4 is 11.0 Å². The van der Waals surface area contributed by atoms with Crippen molar-refractivity contribution in [3.63, 3.8) is 0 Å². The molecule has 1 atom stereocenters. The fraction of sp³-hybridized carbons (Fsp3) is 0.318. The Morgan fingerprint density at radius 1 is 0.966 bits per heavy atom. The molecule has 1 aromatic heterocycles. The Labute approximate surface area is 168 Å². The van der Waals surface area contributed by atoms with Crippen molar-refractivity contribution in [2.75, 3.05) is 0 Å². The lowest BCUT2D eigenvalue weighted by molar-refractivity contribution is -0.137. The maximum absolute atomic E-state index is 12.8. The highest BCUT2D eigenvalue weighted by Gasteiger charge is 2.19. The number of nitrogens with one attached hydrogen (secondary N) is 1. The molecule has 0 bridgehead atoms. The second-order valence-electron chi connectivity index (χ2n) is 6.95. The number of para-hydroxylation sites is 2. The molecule has 0 spiro atoms. The summed E-state index contributed by atoms with van der Waals surface area (Å²) in [5, 5.41) is 12.0. The van der Waals surface area contributed by atoms with Gasteiger partial charge in [-0.25, -0.2) is 4.79 Å². The molecular weight excluding hydrogens is 370 g/mol. The number of nitrogens with zero attached hydrogens (tertiary/aromatic N) is 2. The van der Waals surface area contributed by atoms with Crippen LogP contribution in [0.15, 0.2) is 59.4 Å². The van der Waals surface area contributed by atoms with Crippen LogP contribution in [0.1, 0.15) is 37.8 Å². The molecule has 0 aliphatic heterocycles. The Morgan fingerprint density at radius 2 is 1.55 bits per heavy atom. The molecule has 0 saturated heterocycles. The first-order chi connectivity index (χ1) is 14.0. The minimum absolute atomic E-state index is 0.0863. The molecule has 1 unspecified atom stereocenters. The first kappa shape index (κ1) is 20.4. The highest BCUT2D eigenvalue weighted by molar-refractivity contribution is 5.79. The van der Waals surface area contributed by atoms with Gasteiger partial charge in [-0.1, -0.05) is 49.4 Å². The van der Waals surface area contributed by atoms with Gasteiger partial charge in [0.05, 0.1) is 23.5 Å². The van der Waals surface area contributed by atoms with E-state index in [0.717, 1.165) is 23.0 Å². The lowest BCUT2D eigenvalue weighted by atomic mass is 10.0. The van der Waals surface area contributed by atoms with E-state index in [1.807, 2.05) is 37.3 Å². The molecule has 0 aliphatic carbocycles. The van der Waals surface area contributed by atoms with Gasteiger partial charge in [0.15, 0.2) is 0 Å². The minimum Gasteiger partial charge on any atom is -0.481 e. The summed E-state index contributed by atoms with van der Waals surface area (Å²) in [6.45, 7) is 2.86. The number of rotatable bonds is 9. The standard InChI is InChI=1S/C22H25N3O4/c1-2-13-24-18-10-6-7-11-19(18)25(22(24)29)14-12-20(26)23-17(15-21(27)28)16-8-4-3-5-9-16/h3-11,17H,2,12-15H2,1H3,(H,23,26)(H,27,28). The van der Waals surface area contributed by atoms with Gasteiger partial charge in [-0.2, -0.15) is 0 Å². The summed E-state index contributed by atoms with van der Waals surface area (Å²) in [4.78, 5) is 36.5. The van der Waals surface area contributed by atoms with Crippen LogP contribution in [-0.4, -0.2) is 26.1 Å². The molecule has 1 heterocycles. The lowest BCUT2D eigenvalue weighted by Gasteiger charge is -2.17. The summed E-state index contributed by atoms with van der Waals surface area (Å²) in [7, 11) is 0. The first-order valence-electron chi connectivity index (χ1n) is 9.75. The molecule has 0 radical (unpaired) electrons. The molecule has 152 valence electrons. The third-order valence-electron chi connectivity index (χ3n) is 4.85. The summed E-state index contributed by atoms with van der Waals surface area (Å²) in [6, 6.07) is 15.9. The van der Waals surface area contributed by atoms with Crippen LogP contribution in [0, 0.1) is 0 Å². The van der Waals surface area contributed by atoms with E-state index in [0.29, 0.717) is 6.54 Å². The Balaban J connectivity index is 1.76. The van der Waals surface area contributed by atoms with Gasteiger partial charge in [-0.15, -0.1) is 0 Å². The van der Waals surface area contributed by atoms with Crippen LogP contribution in [-0.2, 0) is 22.7 Å². The predicted molar refractivity (Wildman–Crippen MR) is 111 cm³/mol. The average Bonchev–Trinajstić information content (AvgIpc) is 2.98. The minimum atomic E-state index is -0.988. The van der Waals surface area contributed by atoms with Gasteiger partial charge in [-0.3, -0.25) is 18.7 Å². The van der Waals surface area contributed by atoms with Crippen LogP contribution in [0.3, 0.4) is 0 Å². The number of hydrogen-bond donors (Lipinski definition) is 2. The lowest BCUT2D eigenvalue weighted by Crippen LogP contribution is -2.32. The van der Waals surface area contributed by atoms with Crippen molar-refractivity contribution in [1.82, 2.24) is 14.5 Å². The molecule has 0 aliphatic rings. The average molecular weight is 395 g/mol. The fourth-order valence-corrected chi connectivity index (χ4v) is 3.52. The number of aryl methyl sites for hydroxylation is 2. The van der Waals surface area contributed by atoms with Crippen molar-refractivity contribution >= 4 is 22.9 Å². The largest absolute Gasteiger partial charge is 0.481 e. The van der Waals surface area contributed by atoms with Crippen molar-refractivity contribution in [2.24, 2.45) is 0 Å². The van der Waals surface area contributed by atoms with Crippen LogP contribution in [0.25, 0.3) is 11.0 Å². The number of imidazole rings is 1. The second-order valence-corrected chi connectivity index (χ2v) is 6.95. The number of amides is 1. The van der Waals surface area contributed by atoms with E-state index in [1.165, 1.54) is 0 Å². The van der Waals surface area contributed by atoms with E-state index < -0.39 is 12.0 Å². The maximum atomic E-state index is 12.8. The predicted octanol–water partition coefficient (Wildman–Crippen LogP) is 2.94. The maximum Gasteiger partial charge on any atom is 0.329 e. The number of carboxylic acids is 1. The quantitative estimate of drug-likeness (QED) is 0.583. The molecule has 0 saturated carbocycles. The molecule has 2 N–H and O–H groups in total. The normalized spacial score (nSPS) is 12.0.